The first-order valence-corrected chi connectivity index (χ1v) is 8.26. The summed E-state index contributed by atoms with van der Waals surface area (Å²) in [6.45, 7) is 0.265. The molecule has 132 valence electrons. The van der Waals surface area contributed by atoms with E-state index in [4.69, 9.17) is 5.11 Å². The second-order valence-electron chi connectivity index (χ2n) is 5.70. The number of aromatic carboxylic acids is 1. The summed E-state index contributed by atoms with van der Waals surface area (Å²) >= 11 is 0. The molecule has 2 N–H and O–H groups in total. The van der Waals surface area contributed by atoms with Gasteiger partial charge in [-0.1, -0.05) is 42.2 Å². The van der Waals surface area contributed by atoms with E-state index in [0.29, 0.717) is 5.56 Å². The second kappa shape index (κ2) is 8.45. The molecule has 0 unspecified atom stereocenters. The number of carbonyl (C=O) groups excluding carboxylic acids is 1. The van der Waals surface area contributed by atoms with Crippen LogP contribution in [0.25, 0.3) is 0 Å². The van der Waals surface area contributed by atoms with Gasteiger partial charge < -0.3 is 10.4 Å². The van der Waals surface area contributed by atoms with Crippen LogP contribution in [0.4, 0.5) is 0 Å². The summed E-state index contributed by atoms with van der Waals surface area (Å²) in [5.74, 6) is 4.69. The van der Waals surface area contributed by atoms with E-state index in [2.05, 4.69) is 22.1 Å². The lowest BCUT2D eigenvalue weighted by atomic mass is 10.1. The number of carbonyl (C=O) groups is 2. The van der Waals surface area contributed by atoms with Gasteiger partial charge in [-0.2, -0.15) is 0 Å². The van der Waals surface area contributed by atoms with Gasteiger partial charge in [-0.05, 0) is 42.0 Å². The first-order chi connectivity index (χ1) is 13.1. The van der Waals surface area contributed by atoms with E-state index in [1.165, 1.54) is 12.1 Å². The van der Waals surface area contributed by atoms with Gasteiger partial charge in [0.2, 0.25) is 0 Å². The molecule has 0 saturated heterocycles. The summed E-state index contributed by atoms with van der Waals surface area (Å²) < 4.78 is 0. The maximum absolute atomic E-state index is 12.5. The molecule has 2 aromatic carbocycles. The fourth-order valence-electron chi connectivity index (χ4n) is 2.38. The number of rotatable bonds is 4. The Morgan fingerprint density at radius 1 is 0.926 bits per heavy atom. The predicted octanol–water partition coefficient (Wildman–Crippen LogP) is 3.11. The van der Waals surface area contributed by atoms with E-state index >= 15 is 0 Å². The Hall–Kier alpha value is -3.91. The normalized spacial score (nSPS) is 9.78. The SMILES string of the molecule is O=C(O)c1ccc(CNC(=O)c2ncccc2C#Cc2ccccc2)cc1. The van der Waals surface area contributed by atoms with Crippen molar-refractivity contribution in [3.63, 3.8) is 0 Å². The van der Waals surface area contributed by atoms with Crippen LogP contribution in [0.3, 0.4) is 0 Å². The zero-order valence-corrected chi connectivity index (χ0v) is 14.3. The van der Waals surface area contributed by atoms with Gasteiger partial charge in [0.1, 0.15) is 5.69 Å². The molecule has 0 saturated carbocycles. The largest absolute Gasteiger partial charge is 0.478 e. The summed E-state index contributed by atoms with van der Waals surface area (Å²) in [5, 5.41) is 11.7. The molecule has 0 aliphatic heterocycles. The predicted molar refractivity (Wildman–Crippen MR) is 101 cm³/mol. The molecule has 0 spiro atoms. The highest BCUT2D eigenvalue weighted by atomic mass is 16.4. The van der Waals surface area contributed by atoms with Crippen molar-refractivity contribution in [1.29, 1.82) is 0 Å². The molecular weight excluding hydrogens is 340 g/mol. The van der Waals surface area contributed by atoms with Crippen LogP contribution in [0.1, 0.15) is 37.5 Å². The number of hydrogen-bond acceptors (Lipinski definition) is 3. The summed E-state index contributed by atoms with van der Waals surface area (Å²) in [7, 11) is 0. The third-order valence-electron chi connectivity index (χ3n) is 3.79. The molecule has 5 heteroatoms. The summed E-state index contributed by atoms with van der Waals surface area (Å²) in [6.07, 6.45) is 1.55. The fraction of sp³-hybridized carbons (Fsp3) is 0.0455. The molecule has 0 bridgehead atoms. The molecule has 0 aliphatic rings. The molecule has 3 aromatic rings. The summed E-state index contributed by atoms with van der Waals surface area (Å²) in [6, 6.07) is 19.3. The third kappa shape index (κ3) is 4.80. The smallest absolute Gasteiger partial charge is 0.335 e. The highest BCUT2D eigenvalue weighted by Gasteiger charge is 2.11. The van der Waals surface area contributed by atoms with Crippen molar-refractivity contribution in [3.8, 4) is 11.8 Å². The average Bonchev–Trinajstić information content (AvgIpc) is 2.71. The van der Waals surface area contributed by atoms with Crippen molar-refractivity contribution >= 4 is 11.9 Å². The molecule has 3 rings (SSSR count). The van der Waals surface area contributed by atoms with Crippen molar-refractivity contribution in [2.24, 2.45) is 0 Å². The number of hydrogen-bond donors (Lipinski definition) is 2. The van der Waals surface area contributed by atoms with Gasteiger partial charge in [0.05, 0.1) is 11.1 Å². The van der Waals surface area contributed by atoms with Crippen molar-refractivity contribution < 1.29 is 14.7 Å². The number of benzene rings is 2. The monoisotopic (exact) mass is 356 g/mol. The van der Waals surface area contributed by atoms with E-state index in [9.17, 15) is 9.59 Å². The topological polar surface area (TPSA) is 79.3 Å². The number of pyridine rings is 1. The molecule has 0 atom stereocenters. The highest BCUT2D eigenvalue weighted by molar-refractivity contribution is 5.94. The standard InChI is InChI=1S/C22H16N2O3/c25-21(24-15-17-9-12-19(13-10-17)22(26)27)20-18(7-4-14-23-20)11-8-16-5-2-1-3-6-16/h1-7,9-10,12-14H,15H2,(H,24,25)(H,26,27). The minimum atomic E-state index is -0.985. The van der Waals surface area contributed by atoms with Gasteiger partial charge in [0.25, 0.3) is 5.91 Å². The Kier molecular flexibility index (Phi) is 5.60. The zero-order chi connectivity index (χ0) is 19.1. The molecule has 0 radical (unpaired) electrons. The first-order valence-electron chi connectivity index (χ1n) is 8.26. The maximum atomic E-state index is 12.5. The number of carboxylic acids is 1. The number of carboxylic acid groups (broad SMARTS) is 1. The molecule has 5 nitrogen and oxygen atoms in total. The van der Waals surface area contributed by atoms with Crippen molar-refractivity contribution in [3.05, 3.63) is 101 Å². The Labute approximate surface area is 156 Å². The van der Waals surface area contributed by atoms with Crippen LogP contribution in [0.2, 0.25) is 0 Å². The zero-order valence-electron chi connectivity index (χ0n) is 14.3. The third-order valence-corrected chi connectivity index (χ3v) is 3.79. The molecule has 1 amide bonds. The molecule has 0 aliphatic carbocycles. The Balaban J connectivity index is 1.72. The summed E-state index contributed by atoms with van der Waals surface area (Å²) in [5.41, 5.74) is 2.64. The molecule has 27 heavy (non-hydrogen) atoms. The number of amides is 1. The fourth-order valence-corrected chi connectivity index (χ4v) is 2.38. The van der Waals surface area contributed by atoms with Crippen LogP contribution in [-0.4, -0.2) is 22.0 Å². The van der Waals surface area contributed by atoms with E-state index < -0.39 is 5.97 Å². The summed E-state index contributed by atoms with van der Waals surface area (Å²) in [4.78, 5) is 27.5. The number of nitrogens with zero attached hydrogens (tertiary/aromatic N) is 1. The van der Waals surface area contributed by atoms with Crippen LogP contribution in [0.15, 0.2) is 72.9 Å². The Bertz CT molecular complexity index is 1020. The lowest BCUT2D eigenvalue weighted by Crippen LogP contribution is -2.24. The van der Waals surface area contributed by atoms with Crippen molar-refractivity contribution in [2.45, 2.75) is 6.54 Å². The molecule has 0 fully saturated rings. The van der Waals surface area contributed by atoms with Crippen LogP contribution < -0.4 is 5.32 Å². The van der Waals surface area contributed by atoms with Gasteiger partial charge in [-0.15, -0.1) is 0 Å². The lowest BCUT2D eigenvalue weighted by molar-refractivity contribution is 0.0696. The number of nitrogens with one attached hydrogen (secondary N) is 1. The van der Waals surface area contributed by atoms with Gasteiger partial charge in [-0.3, -0.25) is 4.79 Å². The molecule has 1 aromatic heterocycles. The molecule has 1 heterocycles. The van der Waals surface area contributed by atoms with Crippen molar-refractivity contribution in [1.82, 2.24) is 10.3 Å². The van der Waals surface area contributed by atoms with Crippen LogP contribution in [0, 0.1) is 11.8 Å². The Morgan fingerprint density at radius 3 is 2.37 bits per heavy atom. The lowest BCUT2D eigenvalue weighted by Gasteiger charge is -2.06. The maximum Gasteiger partial charge on any atom is 0.335 e. The van der Waals surface area contributed by atoms with Gasteiger partial charge in [-0.25, -0.2) is 9.78 Å². The quantitative estimate of drug-likeness (QED) is 0.704. The average molecular weight is 356 g/mol. The van der Waals surface area contributed by atoms with E-state index in [1.54, 1.807) is 30.5 Å². The number of aromatic nitrogens is 1. The van der Waals surface area contributed by atoms with E-state index in [-0.39, 0.29) is 23.7 Å². The first kappa shape index (κ1) is 17.9. The minimum Gasteiger partial charge on any atom is -0.478 e. The van der Waals surface area contributed by atoms with Crippen LogP contribution in [0.5, 0.6) is 0 Å². The highest BCUT2D eigenvalue weighted by Crippen LogP contribution is 2.07. The minimum absolute atomic E-state index is 0.202. The second-order valence-corrected chi connectivity index (χ2v) is 5.70. The molecular formula is C22H16N2O3. The van der Waals surface area contributed by atoms with Crippen molar-refractivity contribution in [2.75, 3.05) is 0 Å². The van der Waals surface area contributed by atoms with Crippen LogP contribution in [-0.2, 0) is 6.54 Å². The van der Waals surface area contributed by atoms with Gasteiger partial charge in [0, 0.05) is 18.3 Å². The van der Waals surface area contributed by atoms with E-state index in [0.717, 1.165) is 11.1 Å². The van der Waals surface area contributed by atoms with Gasteiger partial charge >= 0.3 is 5.97 Å². The Morgan fingerprint density at radius 2 is 1.67 bits per heavy atom. The van der Waals surface area contributed by atoms with Crippen LogP contribution >= 0.6 is 0 Å². The van der Waals surface area contributed by atoms with Gasteiger partial charge in [0.15, 0.2) is 0 Å². The van der Waals surface area contributed by atoms with E-state index in [1.807, 2.05) is 30.3 Å².